The first-order valence-electron chi connectivity index (χ1n) is 6.84. The number of anilines is 1. The van der Waals surface area contributed by atoms with Gasteiger partial charge in [0.25, 0.3) is 0 Å². The van der Waals surface area contributed by atoms with Crippen LogP contribution in [0.15, 0.2) is 0 Å². The highest BCUT2D eigenvalue weighted by Crippen LogP contribution is 2.32. The average Bonchev–Trinajstić information content (AvgIpc) is 2.56. The Morgan fingerprint density at radius 3 is 2.78 bits per heavy atom. The summed E-state index contributed by atoms with van der Waals surface area (Å²) in [7, 11) is 0. The molecule has 1 amide bonds. The van der Waals surface area contributed by atoms with Crippen molar-refractivity contribution >= 4 is 11.8 Å². The lowest BCUT2D eigenvalue weighted by Crippen LogP contribution is -2.23. The molecule has 0 aliphatic carbocycles. The second-order valence-electron chi connectivity index (χ2n) is 4.86. The van der Waals surface area contributed by atoms with Crippen LogP contribution >= 0.6 is 0 Å². The van der Waals surface area contributed by atoms with Crippen LogP contribution in [-0.2, 0) is 6.42 Å². The first-order valence-corrected chi connectivity index (χ1v) is 6.84. The van der Waals surface area contributed by atoms with E-state index in [2.05, 4.69) is 24.3 Å². The molecule has 0 radical (unpaired) electrons. The predicted molar refractivity (Wildman–Crippen MR) is 72.0 cm³/mol. The fourth-order valence-corrected chi connectivity index (χ4v) is 2.69. The van der Waals surface area contributed by atoms with Gasteiger partial charge in [0.05, 0.1) is 5.69 Å². The number of aromatic nitrogens is 2. The van der Waals surface area contributed by atoms with Gasteiger partial charge in [0.2, 0.25) is 0 Å². The van der Waals surface area contributed by atoms with Gasteiger partial charge in [-0.05, 0) is 32.1 Å². The number of carbonyl (C=O) groups excluding carboxylic acids is 1. The Balaban J connectivity index is 2.49. The van der Waals surface area contributed by atoms with E-state index in [9.17, 15) is 4.79 Å². The molecule has 0 atom stereocenters. The molecular weight excluding hydrogens is 228 g/mol. The second kappa shape index (κ2) is 5.42. The molecule has 2 heterocycles. The van der Waals surface area contributed by atoms with E-state index in [1.807, 2.05) is 0 Å². The third-order valence-electron chi connectivity index (χ3n) is 3.74. The van der Waals surface area contributed by atoms with Crippen molar-refractivity contribution in [3.63, 3.8) is 0 Å². The molecular formula is C13H22N4O. The smallest absolute Gasteiger partial charge is 0.341 e. The van der Waals surface area contributed by atoms with E-state index in [1.54, 1.807) is 0 Å². The Morgan fingerprint density at radius 1 is 1.44 bits per heavy atom. The van der Waals surface area contributed by atoms with Crippen LogP contribution in [0.3, 0.4) is 0 Å². The average molecular weight is 250 g/mol. The van der Waals surface area contributed by atoms with Crippen molar-refractivity contribution in [3.05, 3.63) is 11.3 Å². The van der Waals surface area contributed by atoms with Gasteiger partial charge in [-0.2, -0.15) is 9.78 Å². The molecule has 5 nitrogen and oxygen atoms in total. The van der Waals surface area contributed by atoms with Crippen LogP contribution in [-0.4, -0.2) is 22.4 Å². The summed E-state index contributed by atoms with van der Waals surface area (Å²) in [5.41, 5.74) is 7.66. The summed E-state index contributed by atoms with van der Waals surface area (Å²) in [6, 6.07) is -0.502. The molecule has 1 aliphatic rings. The molecule has 0 bridgehead atoms. The molecule has 100 valence electrons. The molecule has 0 fully saturated rings. The van der Waals surface area contributed by atoms with Crippen molar-refractivity contribution < 1.29 is 4.79 Å². The highest BCUT2D eigenvalue weighted by atomic mass is 16.2. The number of nitrogens with zero attached hydrogens (tertiary/aromatic N) is 2. The molecule has 0 unspecified atom stereocenters. The van der Waals surface area contributed by atoms with E-state index in [0.717, 1.165) is 50.2 Å². The molecule has 5 heteroatoms. The summed E-state index contributed by atoms with van der Waals surface area (Å²) < 4.78 is 1.34. The zero-order valence-corrected chi connectivity index (χ0v) is 11.2. The third-order valence-corrected chi connectivity index (χ3v) is 3.74. The molecule has 0 saturated heterocycles. The number of fused-ring (bicyclic) bond motifs is 1. The maximum absolute atomic E-state index is 11.5. The van der Waals surface area contributed by atoms with Gasteiger partial charge in [-0.15, -0.1) is 0 Å². The normalized spacial score (nSPS) is 15.1. The van der Waals surface area contributed by atoms with Gasteiger partial charge in [-0.25, -0.2) is 4.79 Å². The van der Waals surface area contributed by atoms with Crippen LogP contribution in [0, 0.1) is 0 Å². The molecule has 3 N–H and O–H groups in total. The van der Waals surface area contributed by atoms with Gasteiger partial charge in [0.15, 0.2) is 0 Å². The molecule has 18 heavy (non-hydrogen) atoms. The molecule has 1 aliphatic heterocycles. The highest BCUT2D eigenvalue weighted by Gasteiger charge is 2.25. The zero-order chi connectivity index (χ0) is 13.1. The largest absolute Gasteiger partial charge is 0.370 e. The highest BCUT2D eigenvalue weighted by molar-refractivity contribution is 5.79. The van der Waals surface area contributed by atoms with Crippen molar-refractivity contribution in [2.45, 2.75) is 51.9 Å². The van der Waals surface area contributed by atoms with Gasteiger partial charge in [-0.3, -0.25) is 0 Å². The summed E-state index contributed by atoms with van der Waals surface area (Å²) in [6.07, 6.45) is 5.33. The minimum atomic E-state index is -0.502. The second-order valence-corrected chi connectivity index (χ2v) is 4.86. The fraction of sp³-hybridized carbons (Fsp3) is 0.692. The zero-order valence-electron chi connectivity index (χ0n) is 11.2. The van der Waals surface area contributed by atoms with E-state index < -0.39 is 6.03 Å². The quantitative estimate of drug-likeness (QED) is 0.865. The third kappa shape index (κ3) is 2.21. The van der Waals surface area contributed by atoms with Crippen molar-refractivity contribution in [2.75, 3.05) is 11.9 Å². The van der Waals surface area contributed by atoms with Crippen LogP contribution in [0.5, 0.6) is 0 Å². The van der Waals surface area contributed by atoms with Gasteiger partial charge in [-0.1, -0.05) is 13.8 Å². The standard InChI is InChI=1S/C13H22N4O/c1-3-9(4-2)11-10-7-5-6-8-15-12(10)17(16-11)13(14)18/h9,15H,3-8H2,1-2H3,(H2,14,18). The van der Waals surface area contributed by atoms with Crippen molar-refractivity contribution in [2.24, 2.45) is 5.73 Å². The minimum Gasteiger partial charge on any atom is -0.370 e. The van der Waals surface area contributed by atoms with E-state index in [4.69, 9.17) is 5.73 Å². The van der Waals surface area contributed by atoms with Crippen molar-refractivity contribution in [1.29, 1.82) is 0 Å². The molecule has 2 rings (SSSR count). The maximum atomic E-state index is 11.5. The minimum absolute atomic E-state index is 0.416. The van der Waals surface area contributed by atoms with Gasteiger partial charge >= 0.3 is 6.03 Å². The number of nitrogens with one attached hydrogen (secondary N) is 1. The fourth-order valence-electron chi connectivity index (χ4n) is 2.69. The lowest BCUT2D eigenvalue weighted by Gasteiger charge is -2.11. The maximum Gasteiger partial charge on any atom is 0.341 e. The van der Waals surface area contributed by atoms with E-state index in [0.29, 0.717) is 5.92 Å². The number of primary amides is 1. The number of carbonyl (C=O) groups is 1. The Hall–Kier alpha value is -1.52. The number of rotatable bonds is 3. The Kier molecular flexibility index (Phi) is 3.89. The lowest BCUT2D eigenvalue weighted by atomic mass is 9.94. The van der Waals surface area contributed by atoms with E-state index in [1.165, 1.54) is 10.2 Å². The Labute approximate surface area is 108 Å². The van der Waals surface area contributed by atoms with Gasteiger partial charge < -0.3 is 11.1 Å². The van der Waals surface area contributed by atoms with Gasteiger partial charge in [0, 0.05) is 18.0 Å². The van der Waals surface area contributed by atoms with Crippen molar-refractivity contribution in [1.82, 2.24) is 9.78 Å². The van der Waals surface area contributed by atoms with Crippen molar-refractivity contribution in [3.8, 4) is 0 Å². The molecule has 0 saturated carbocycles. The summed E-state index contributed by atoms with van der Waals surface area (Å²) in [5, 5.41) is 7.75. The Morgan fingerprint density at radius 2 is 2.17 bits per heavy atom. The van der Waals surface area contributed by atoms with Gasteiger partial charge in [0.1, 0.15) is 5.82 Å². The summed E-state index contributed by atoms with van der Waals surface area (Å²) in [4.78, 5) is 11.5. The number of nitrogens with two attached hydrogens (primary N) is 1. The molecule has 0 spiro atoms. The molecule has 0 aromatic carbocycles. The van der Waals surface area contributed by atoms with Crippen LogP contribution in [0.25, 0.3) is 0 Å². The predicted octanol–water partition coefficient (Wildman–Crippen LogP) is 2.46. The summed E-state index contributed by atoms with van der Waals surface area (Å²) in [5.74, 6) is 1.24. The lowest BCUT2D eigenvalue weighted by molar-refractivity contribution is 0.248. The number of hydrogen-bond donors (Lipinski definition) is 2. The summed E-state index contributed by atoms with van der Waals surface area (Å²) >= 11 is 0. The first-order chi connectivity index (χ1) is 8.69. The number of hydrogen-bond acceptors (Lipinski definition) is 3. The summed E-state index contributed by atoms with van der Waals surface area (Å²) in [6.45, 7) is 5.20. The monoisotopic (exact) mass is 250 g/mol. The van der Waals surface area contributed by atoms with Crippen LogP contribution in [0.4, 0.5) is 10.6 Å². The van der Waals surface area contributed by atoms with Crippen LogP contribution in [0.2, 0.25) is 0 Å². The first kappa shape index (κ1) is 12.9. The number of amides is 1. The van der Waals surface area contributed by atoms with E-state index in [-0.39, 0.29) is 0 Å². The molecule has 1 aromatic rings. The van der Waals surface area contributed by atoms with E-state index >= 15 is 0 Å². The molecule has 1 aromatic heterocycles. The topological polar surface area (TPSA) is 72.9 Å². The van der Waals surface area contributed by atoms with Crippen LogP contribution in [0.1, 0.15) is 56.7 Å². The van der Waals surface area contributed by atoms with Crippen LogP contribution < -0.4 is 11.1 Å². The Bertz CT molecular complexity index is 434. The SMILES string of the molecule is CCC(CC)c1nn(C(N)=O)c2c1CCCCN2.